The Bertz CT molecular complexity index is 839. The van der Waals surface area contributed by atoms with Crippen LogP contribution in [0.2, 0.25) is 5.02 Å². The molecule has 5 nitrogen and oxygen atoms in total. The monoisotopic (exact) mass is 405 g/mol. The van der Waals surface area contributed by atoms with E-state index in [0.29, 0.717) is 52.5 Å². The minimum Gasteiger partial charge on any atom is -0.489 e. The molecule has 142 valence electrons. The molecule has 27 heavy (non-hydrogen) atoms. The number of nitrogens with one attached hydrogen (secondary N) is 1. The molecular formula is C20H20ClNO4S. The summed E-state index contributed by atoms with van der Waals surface area (Å²) in [5.41, 5.74) is 2.27. The number of hydrogen-bond donors (Lipinski definition) is 1. The normalized spacial score (nSPS) is 13.0. The van der Waals surface area contributed by atoms with E-state index in [1.807, 2.05) is 12.1 Å². The van der Waals surface area contributed by atoms with Gasteiger partial charge in [0.1, 0.15) is 0 Å². The molecule has 0 fully saturated rings. The average Bonchev–Trinajstić information content (AvgIpc) is 2.88. The summed E-state index contributed by atoms with van der Waals surface area (Å²) in [5, 5.41) is 3.35. The maximum absolute atomic E-state index is 12.1. The van der Waals surface area contributed by atoms with Crippen LogP contribution in [0.25, 0.3) is 0 Å². The number of benzene rings is 2. The van der Waals surface area contributed by atoms with Crippen molar-refractivity contribution in [1.82, 2.24) is 0 Å². The minimum atomic E-state index is -0.101. The highest BCUT2D eigenvalue weighted by atomic mass is 35.5. The van der Waals surface area contributed by atoms with Crippen LogP contribution in [0.4, 0.5) is 5.69 Å². The van der Waals surface area contributed by atoms with Crippen LogP contribution < -0.4 is 14.8 Å². The van der Waals surface area contributed by atoms with E-state index in [1.54, 1.807) is 24.3 Å². The Morgan fingerprint density at radius 1 is 1.15 bits per heavy atom. The number of carbonyl (C=O) groups is 2. The first kappa shape index (κ1) is 19.6. The van der Waals surface area contributed by atoms with Crippen molar-refractivity contribution in [1.29, 1.82) is 0 Å². The molecule has 1 aliphatic rings. The average molecular weight is 406 g/mol. The van der Waals surface area contributed by atoms with Gasteiger partial charge in [0.15, 0.2) is 17.3 Å². The van der Waals surface area contributed by atoms with Gasteiger partial charge in [0.25, 0.3) is 0 Å². The molecule has 0 aromatic heterocycles. The third-order valence-corrected chi connectivity index (χ3v) is 5.22. The number of Topliss-reactive ketones (excluding diaryl/α,β-unsaturated/α-hetero) is 1. The molecule has 0 saturated heterocycles. The van der Waals surface area contributed by atoms with Crippen LogP contribution in [-0.2, 0) is 10.5 Å². The smallest absolute Gasteiger partial charge is 0.234 e. The molecule has 0 spiro atoms. The van der Waals surface area contributed by atoms with Gasteiger partial charge in [0.2, 0.25) is 5.91 Å². The van der Waals surface area contributed by atoms with Gasteiger partial charge in [0, 0.05) is 23.4 Å². The van der Waals surface area contributed by atoms with Gasteiger partial charge in [-0.05, 0) is 48.9 Å². The van der Waals surface area contributed by atoms with Crippen molar-refractivity contribution in [2.75, 3.05) is 24.3 Å². The Kier molecular flexibility index (Phi) is 6.63. The van der Waals surface area contributed by atoms with Crippen LogP contribution in [0.15, 0.2) is 36.4 Å². The lowest BCUT2D eigenvalue weighted by atomic mass is 10.1. The summed E-state index contributed by atoms with van der Waals surface area (Å²) in [6.07, 6.45) is 0.822. The highest BCUT2D eigenvalue weighted by Gasteiger charge is 2.15. The Morgan fingerprint density at radius 3 is 2.63 bits per heavy atom. The lowest BCUT2D eigenvalue weighted by Gasteiger charge is -2.11. The third-order valence-electron chi connectivity index (χ3n) is 3.94. The lowest BCUT2D eigenvalue weighted by Crippen LogP contribution is -2.14. The summed E-state index contributed by atoms with van der Waals surface area (Å²) in [5.74, 6) is 2.08. The third kappa shape index (κ3) is 5.40. The zero-order chi connectivity index (χ0) is 19.2. The number of amides is 1. The summed E-state index contributed by atoms with van der Waals surface area (Å²) >= 11 is 7.77. The first-order chi connectivity index (χ1) is 13.0. The number of ketones is 1. The lowest BCUT2D eigenvalue weighted by molar-refractivity contribution is -0.113. The van der Waals surface area contributed by atoms with E-state index in [-0.39, 0.29) is 11.7 Å². The molecule has 1 amide bonds. The molecule has 1 heterocycles. The number of thioether (sulfide) groups is 1. The molecule has 1 aliphatic heterocycles. The summed E-state index contributed by atoms with van der Waals surface area (Å²) in [6.45, 7) is 2.70. The Morgan fingerprint density at radius 2 is 1.89 bits per heavy atom. The van der Waals surface area contributed by atoms with Gasteiger partial charge in [-0.25, -0.2) is 0 Å². The summed E-state index contributed by atoms with van der Waals surface area (Å²) in [4.78, 5) is 23.4. The van der Waals surface area contributed by atoms with Crippen molar-refractivity contribution >= 4 is 40.7 Å². The highest BCUT2D eigenvalue weighted by Crippen LogP contribution is 2.38. The first-order valence-corrected chi connectivity index (χ1v) is 10.1. The fourth-order valence-corrected chi connectivity index (χ4v) is 3.66. The number of anilines is 1. The molecule has 2 aromatic rings. The molecule has 0 atom stereocenters. The van der Waals surface area contributed by atoms with E-state index in [9.17, 15) is 9.59 Å². The molecule has 0 saturated carbocycles. The van der Waals surface area contributed by atoms with Crippen molar-refractivity contribution in [3.8, 4) is 11.5 Å². The number of rotatable bonds is 6. The van der Waals surface area contributed by atoms with E-state index < -0.39 is 0 Å². The van der Waals surface area contributed by atoms with Crippen molar-refractivity contribution in [2.45, 2.75) is 19.1 Å². The highest BCUT2D eigenvalue weighted by molar-refractivity contribution is 7.99. The molecular weight excluding hydrogens is 386 g/mol. The fourth-order valence-electron chi connectivity index (χ4n) is 2.61. The van der Waals surface area contributed by atoms with Crippen LogP contribution in [0, 0.1) is 0 Å². The largest absolute Gasteiger partial charge is 0.489 e. The van der Waals surface area contributed by atoms with Gasteiger partial charge in [0.05, 0.1) is 24.0 Å². The number of carbonyl (C=O) groups excluding carboxylic acids is 2. The molecule has 3 rings (SSSR count). The van der Waals surface area contributed by atoms with Crippen LogP contribution in [0.5, 0.6) is 11.5 Å². The quantitative estimate of drug-likeness (QED) is 0.713. The van der Waals surface area contributed by atoms with Crippen LogP contribution in [0.1, 0.15) is 29.3 Å². The van der Waals surface area contributed by atoms with Crippen molar-refractivity contribution in [2.24, 2.45) is 0 Å². The van der Waals surface area contributed by atoms with Gasteiger partial charge < -0.3 is 14.8 Å². The zero-order valence-electron chi connectivity index (χ0n) is 14.9. The van der Waals surface area contributed by atoms with E-state index in [1.165, 1.54) is 18.7 Å². The second-order valence-electron chi connectivity index (χ2n) is 6.13. The van der Waals surface area contributed by atoms with E-state index >= 15 is 0 Å². The standard InChI is InChI=1S/C20H20ClNO4S/c1-13(23)15-3-5-16(6-4-15)22-19(24)12-27-11-14-9-17(21)20-18(10-14)25-7-2-8-26-20/h3-6,9-10H,2,7-8,11-12H2,1H3,(H,22,24). The Balaban J connectivity index is 1.52. The molecule has 0 aliphatic carbocycles. The van der Waals surface area contributed by atoms with E-state index in [4.69, 9.17) is 21.1 Å². The first-order valence-electron chi connectivity index (χ1n) is 8.59. The van der Waals surface area contributed by atoms with Gasteiger partial charge in [-0.2, -0.15) is 0 Å². The Labute approximate surface area is 167 Å². The van der Waals surface area contributed by atoms with Gasteiger partial charge in [-0.15, -0.1) is 11.8 Å². The molecule has 0 bridgehead atoms. The number of ether oxygens (including phenoxy) is 2. The second-order valence-corrected chi connectivity index (χ2v) is 7.52. The van der Waals surface area contributed by atoms with E-state index in [0.717, 1.165) is 12.0 Å². The summed E-state index contributed by atoms with van der Waals surface area (Å²) in [7, 11) is 0. The zero-order valence-corrected chi connectivity index (χ0v) is 16.5. The van der Waals surface area contributed by atoms with Crippen molar-refractivity contribution < 1.29 is 19.1 Å². The maximum Gasteiger partial charge on any atom is 0.234 e. The molecule has 2 aromatic carbocycles. The predicted octanol–water partition coefficient (Wildman–Crippen LogP) is 4.58. The van der Waals surface area contributed by atoms with Crippen LogP contribution in [-0.4, -0.2) is 30.7 Å². The predicted molar refractivity (Wildman–Crippen MR) is 108 cm³/mol. The summed E-state index contributed by atoms with van der Waals surface area (Å²) in [6, 6.07) is 10.6. The maximum atomic E-state index is 12.1. The van der Waals surface area contributed by atoms with Crippen LogP contribution in [0.3, 0.4) is 0 Å². The number of halogens is 1. The van der Waals surface area contributed by atoms with E-state index in [2.05, 4.69) is 5.32 Å². The van der Waals surface area contributed by atoms with Crippen molar-refractivity contribution in [3.63, 3.8) is 0 Å². The number of fused-ring (bicyclic) bond motifs is 1. The minimum absolute atomic E-state index is 0.00257. The van der Waals surface area contributed by atoms with Crippen LogP contribution >= 0.6 is 23.4 Å². The molecule has 0 radical (unpaired) electrons. The topological polar surface area (TPSA) is 64.6 Å². The van der Waals surface area contributed by atoms with Crippen molar-refractivity contribution in [3.05, 3.63) is 52.5 Å². The molecule has 1 N–H and O–H groups in total. The molecule has 7 heteroatoms. The summed E-state index contributed by atoms with van der Waals surface area (Å²) < 4.78 is 11.3. The molecule has 0 unspecified atom stereocenters. The van der Waals surface area contributed by atoms with Gasteiger partial charge >= 0.3 is 0 Å². The second kappa shape index (κ2) is 9.15. The number of hydrogen-bond acceptors (Lipinski definition) is 5. The van der Waals surface area contributed by atoms with Gasteiger partial charge in [-0.3, -0.25) is 9.59 Å². The fraction of sp³-hybridized carbons (Fsp3) is 0.300. The Hall–Kier alpha value is -2.18. The van der Waals surface area contributed by atoms with Gasteiger partial charge in [-0.1, -0.05) is 11.6 Å². The SMILES string of the molecule is CC(=O)c1ccc(NC(=O)CSCc2cc(Cl)c3c(c2)OCCCO3)cc1.